The van der Waals surface area contributed by atoms with E-state index in [1.807, 2.05) is 6.92 Å². The average molecular weight is 114 g/mol. The third kappa shape index (κ3) is 0.892. The average Bonchev–Trinajstić information content (AvgIpc) is 1.85. The van der Waals surface area contributed by atoms with Crippen LogP contribution in [0.1, 0.15) is 19.8 Å². The lowest BCUT2D eigenvalue weighted by Gasteiger charge is -1.94. The van der Waals surface area contributed by atoms with Gasteiger partial charge in [-0.25, -0.2) is 0 Å². The van der Waals surface area contributed by atoms with Gasteiger partial charge in [0.2, 0.25) is 0 Å². The second kappa shape index (κ2) is 1.86. The van der Waals surface area contributed by atoms with Crippen molar-refractivity contribution >= 4 is 5.78 Å². The Morgan fingerprint density at radius 3 is 2.50 bits per heavy atom. The second-order valence-corrected chi connectivity index (χ2v) is 2.53. The van der Waals surface area contributed by atoms with Gasteiger partial charge in [0.25, 0.3) is 0 Å². The molecule has 1 fully saturated rings. The fourth-order valence-electron chi connectivity index (χ4n) is 1.08. The predicted octanol–water partition coefficient (Wildman–Crippen LogP) is 0.346. The molecule has 0 aliphatic heterocycles. The Morgan fingerprint density at radius 1 is 1.75 bits per heavy atom. The molecule has 2 unspecified atom stereocenters. The number of carbonyl (C=O) groups is 1. The smallest absolute Gasteiger partial charge is 0.161 e. The van der Waals surface area contributed by atoms with Crippen LogP contribution in [-0.2, 0) is 4.79 Å². The highest BCUT2D eigenvalue weighted by atomic mass is 16.3. The molecule has 2 atom stereocenters. The van der Waals surface area contributed by atoms with Crippen molar-refractivity contribution < 1.29 is 9.90 Å². The molecular weight excluding hydrogens is 104 g/mol. The van der Waals surface area contributed by atoms with Crippen LogP contribution >= 0.6 is 0 Å². The van der Waals surface area contributed by atoms with E-state index in [1.54, 1.807) is 0 Å². The van der Waals surface area contributed by atoms with Gasteiger partial charge in [-0.3, -0.25) is 4.79 Å². The third-order valence-electron chi connectivity index (χ3n) is 1.55. The maximum absolute atomic E-state index is 10.5. The highest BCUT2D eigenvalue weighted by Gasteiger charge is 2.27. The van der Waals surface area contributed by atoms with Crippen LogP contribution in [0.15, 0.2) is 0 Å². The van der Waals surface area contributed by atoms with Crippen LogP contribution in [0.3, 0.4) is 0 Å². The van der Waals surface area contributed by atoms with E-state index in [4.69, 9.17) is 5.11 Å². The van der Waals surface area contributed by atoms with E-state index in [1.165, 1.54) is 0 Å². The number of rotatable bonds is 0. The van der Waals surface area contributed by atoms with E-state index in [9.17, 15) is 4.79 Å². The standard InChI is InChI=1S/C6H10O2/c1-4-2-5(7)6(8)3-4/h4-5,7H,2-3H2,1H3. The molecule has 2 heteroatoms. The monoisotopic (exact) mass is 114 g/mol. The molecule has 1 aliphatic carbocycles. The summed E-state index contributed by atoms with van der Waals surface area (Å²) < 4.78 is 0. The minimum atomic E-state index is -0.648. The molecule has 0 aromatic rings. The van der Waals surface area contributed by atoms with E-state index in [2.05, 4.69) is 0 Å². The van der Waals surface area contributed by atoms with Gasteiger partial charge >= 0.3 is 0 Å². The zero-order valence-electron chi connectivity index (χ0n) is 4.92. The van der Waals surface area contributed by atoms with E-state index >= 15 is 0 Å². The summed E-state index contributed by atoms with van der Waals surface area (Å²) in [5.74, 6) is 0.412. The second-order valence-electron chi connectivity index (χ2n) is 2.53. The summed E-state index contributed by atoms with van der Waals surface area (Å²) >= 11 is 0. The summed E-state index contributed by atoms with van der Waals surface area (Å²) in [5, 5.41) is 8.82. The van der Waals surface area contributed by atoms with Crippen molar-refractivity contribution in [1.29, 1.82) is 0 Å². The van der Waals surface area contributed by atoms with Crippen molar-refractivity contribution in [3.05, 3.63) is 0 Å². The van der Waals surface area contributed by atoms with Crippen LogP contribution in [0, 0.1) is 5.92 Å². The molecule has 1 aliphatic rings. The summed E-state index contributed by atoms with van der Waals surface area (Å²) in [4.78, 5) is 10.5. The van der Waals surface area contributed by atoms with Crippen LogP contribution in [0.2, 0.25) is 0 Å². The lowest BCUT2D eigenvalue weighted by molar-refractivity contribution is -0.124. The first-order chi connectivity index (χ1) is 3.70. The highest BCUT2D eigenvalue weighted by Crippen LogP contribution is 2.20. The van der Waals surface area contributed by atoms with Crippen LogP contribution < -0.4 is 0 Å². The van der Waals surface area contributed by atoms with E-state index in [-0.39, 0.29) is 5.78 Å². The van der Waals surface area contributed by atoms with Crippen molar-refractivity contribution in [2.75, 3.05) is 0 Å². The summed E-state index contributed by atoms with van der Waals surface area (Å²) in [6, 6.07) is 0. The van der Waals surface area contributed by atoms with Gasteiger partial charge in [-0.15, -0.1) is 0 Å². The molecule has 46 valence electrons. The van der Waals surface area contributed by atoms with Gasteiger partial charge in [-0.1, -0.05) is 6.92 Å². The molecule has 8 heavy (non-hydrogen) atoms. The normalized spacial score (nSPS) is 38.5. The van der Waals surface area contributed by atoms with Crippen LogP contribution in [0.4, 0.5) is 0 Å². The maximum Gasteiger partial charge on any atom is 0.161 e. The van der Waals surface area contributed by atoms with Gasteiger partial charge in [0, 0.05) is 6.42 Å². The molecule has 2 nitrogen and oxygen atoms in total. The first kappa shape index (κ1) is 5.76. The summed E-state index contributed by atoms with van der Waals surface area (Å²) in [6.45, 7) is 1.98. The lowest BCUT2D eigenvalue weighted by Crippen LogP contribution is -2.10. The highest BCUT2D eigenvalue weighted by molar-refractivity contribution is 5.85. The molecule has 1 N–H and O–H groups in total. The first-order valence-corrected chi connectivity index (χ1v) is 2.91. The van der Waals surface area contributed by atoms with Gasteiger partial charge < -0.3 is 5.11 Å². The Labute approximate surface area is 48.5 Å². The lowest BCUT2D eigenvalue weighted by atomic mass is 10.1. The molecule has 0 spiro atoms. The molecule has 0 aromatic carbocycles. The number of Topliss-reactive ketones (excluding diaryl/α,β-unsaturated/α-hetero) is 1. The van der Waals surface area contributed by atoms with Crippen LogP contribution in [-0.4, -0.2) is 17.0 Å². The fraction of sp³-hybridized carbons (Fsp3) is 0.833. The number of ketones is 1. The molecule has 1 rings (SSSR count). The van der Waals surface area contributed by atoms with Gasteiger partial charge in [0.1, 0.15) is 6.10 Å². The predicted molar refractivity (Wildman–Crippen MR) is 29.4 cm³/mol. The Hall–Kier alpha value is -0.370. The van der Waals surface area contributed by atoms with E-state index < -0.39 is 6.10 Å². The van der Waals surface area contributed by atoms with E-state index in [0.717, 1.165) is 0 Å². The van der Waals surface area contributed by atoms with Crippen molar-refractivity contribution in [2.24, 2.45) is 5.92 Å². The van der Waals surface area contributed by atoms with Crippen molar-refractivity contribution in [3.63, 3.8) is 0 Å². The van der Waals surface area contributed by atoms with Crippen LogP contribution in [0.25, 0.3) is 0 Å². The molecule has 0 radical (unpaired) electrons. The summed E-state index contributed by atoms with van der Waals surface area (Å²) in [5.41, 5.74) is 0. The zero-order valence-corrected chi connectivity index (χ0v) is 4.92. The molecule has 0 amide bonds. The van der Waals surface area contributed by atoms with Crippen LogP contribution in [0.5, 0.6) is 0 Å². The van der Waals surface area contributed by atoms with Gasteiger partial charge in [0.05, 0.1) is 0 Å². The Morgan fingerprint density at radius 2 is 2.38 bits per heavy atom. The van der Waals surface area contributed by atoms with Gasteiger partial charge in [0.15, 0.2) is 5.78 Å². The molecule has 1 saturated carbocycles. The molecule has 0 heterocycles. The minimum absolute atomic E-state index is 0.0116. The van der Waals surface area contributed by atoms with Crippen molar-refractivity contribution in [2.45, 2.75) is 25.9 Å². The Kier molecular flexibility index (Phi) is 1.34. The minimum Gasteiger partial charge on any atom is -0.385 e. The summed E-state index contributed by atoms with van der Waals surface area (Å²) in [6.07, 6.45) is 0.588. The SMILES string of the molecule is CC1CC(=O)C(O)C1. The van der Waals surface area contributed by atoms with Gasteiger partial charge in [-0.2, -0.15) is 0 Å². The molecule has 0 saturated heterocycles. The maximum atomic E-state index is 10.5. The Bertz CT molecular complexity index is 109. The zero-order chi connectivity index (χ0) is 6.15. The first-order valence-electron chi connectivity index (χ1n) is 2.91. The number of aliphatic hydroxyl groups excluding tert-OH is 1. The largest absolute Gasteiger partial charge is 0.385 e. The third-order valence-corrected chi connectivity index (χ3v) is 1.55. The topological polar surface area (TPSA) is 37.3 Å². The quantitative estimate of drug-likeness (QED) is 0.493. The number of hydrogen-bond acceptors (Lipinski definition) is 2. The van der Waals surface area contributed by atoms with Crippen molar-refractivity contribution in [1.82, 2.24) is 0 Å². The molecule has 0 bridgehead atoms. The van der Waals surface area contributed by atoms with Crippen molar-refractivity contribution in [3.8, 4) is 0 Å². The Balaban J connectivity index is 2.51. The fourth-order valence-corrected chi connectivity index (χ4v) is 1.08. The van der Waals surface area contributed by atoms with E-state index in [0.29, 0.717) is 18.8 Å². The van der Waals surface area contributed by atoms with Gasteiger partial charge in [-0.05, 0) is 12.3 Å². The number of hydrogen-bond donors (Lipinski definition) is 1. The number of carbonyl (C=O) groups excluding carboxylic acids is 1. The molecular formula is C6H10O2. The molecule has 0 aromatic heterocycles. The number of aliphatic hydroxyl groups is 1. The summed E-state index contributed by atoms with van der Waals surface area (Å²) in [7, 11) is 0.